The van der Waals surface area contributed by atoms with Crippen molar-refractivity contribution < 1.29 is 80.2 Å². The van der Waals surface area contributed by atoms with Crippen molar-refractivity contribution in [2.24, 2.45) is 11.8 Å². The molecule has 0 radical (unpaired) electrons. The van der Waals surface area contributed by atoms with Gasteiger partial charge in [-0.15, -0.1) is 0 Å². The van der Waals surface area contributed by atoms with Gasteiger partial charge in [-0.3, -0.25) is 37.3 Å². The number of carbonyl (C=O) groups is 4. The lowest BCUT2D eigenvalue weighted by atomic mass is 10.0. The first-order valence-electron chi connectivity index (χ1n) is 40.8. The first-order valence-corrected chi connectivity index (χ1v) is 43.8. The van der Waals surface area contributed by atoms with Gasteiger partial charge < -0.3 is 33.8 Å². The van der Waals surface area contributed by atoms with Gasteiger partial charge in [-0.25, -0.2) is 9.13 Å². The molecule has 0 saturated heterocycles. The van der Waals surface area contributed by atoms with Gasteiger partial charge in [-0.2, -0.15) is 0 Å². The maximum Gasteiger partial charge on any atom is 0.472 e. The minimum atomic E-state index is -4.97. The van der Waals surface area contributed by atoms with E-state index < -0.39 is 97.5 Å². The summed E-state index contributed by atoms with van der Waals surface area (Å²) in [6.45, 7) is 9.59. The molecular weight excluding hydrogens is 1290 g/mol. The quantitative estimate of drug-likeness (QED) is 0.0169. The molecule has 0 aliphatic carbocycles. The number of aliphatic hydroxyl groups is 1. The Hall–Kier alpha value is -2.46. The number of aliphatic hydroxyl groups excluding tert-OH is 1. The van der Waals surface area contributed by atoms with Gasteiger partial charge in [-0.05, 0) is 63.2 Å². The van der Waals surface area contributed by atoms with Gasteiger partial charge >= 0.3 is 39.5 Å². The fraction of sp³-hybridized carbons (Fsp3) is 0.900. The van der Waals surface area contributed by atoms with Crippen LogP contribution in [0.1, 0.15) is 395 Å². The van der Waals surface area contributed by atoms with Gasteiger partial charge in [-0.1, -0.05) is 342 Å². The second kappa shape index (κ2) is 71.2. The molecule has 0 rings (SSSR count). The second-order valence-electron chi connectivity index (χ2n) is 29.1. The van der Waals surface area contributed by atoms with Crippen LogP contribution in [0.4, 0.5) is 0 Å². The Labute approximate surface area is 605 Å². The fourth-order valence-electron chi connectivity index (χ4n) is 11.8. The maximum atomic E-state index is 13.1. The van der Waals surface area contributed by atoms with E-state index in [1.807, 2.05) is 0 Å². The number of rotatable bonds is 77. The molecule has 0 heterocycles. The number of hydrogen-bond donors (Lipinski definition) is 3. The van der Waals surface area contributed by atoms with E-state index in [-0.39, 0.29) is 25.7 Å². The first kappa shape index (κ1) is 96.5. The molecule has 584 valence electrons. The third kappa shape index (κ3) is 73.6. The molecule has 0 amide bonds. The van der Waals surface area contributed by atoms with E-state index in [1.165, 1.54) is 193 Å². The fourth-order valence-corrected chi connectivity index (χ4v) is 13.4. The van der Waals surface area contributed by atoms with Gasteiger partial charge in [0.1, 0.15) is 19.3 Å². The zero-order valence-corrected chi connectivity index (χ0v) is 66.1. The average molecular weight is 1450 g/mol. The number of ether oxygens (including phenoxy) is 4. The SMILES string of the molecule is CCCCCC/C=C\C=C/CCCCCCCC(=O)OC[C@H](COP(=O)(O)OC[C@@H](O)COP(=O)(O)OC[C@@H](COC(=O)CCCCCCCCCCCCC)OC(=O)CCCCCCCCCCCCCCC(C)C)OC(=O)CCCCCCCCCCCCCCCCCC(C)C. The van der Waals surface area contributed by atoms with Crippen molar-refractivity contribution >= 4 is 39.5 Å². The largest absolute Gasteiger partial charge is 0.472 e. The Kier molecular flexibility index (Phi) is 69.4. The molecule has 0 aromatic heterocycles. The van der Waals surface area contributed by atoms with Crippen molar-refractivity contribution in [1.82, 2.24) is 0 Å². The van der Waals surface area contributed by atoms with E-state index in [4.69, 9.17) is 37.0 Å². The number of allylic oxidation sites excluding steroid dienone is 4. The van der Waals surface area contributed by atoms with Crippen molar-refractivity contribution in [3.05, 3.63) is 24.3 Å². The van der Waals surface area contributed by atoms with Crippen LogP contribution in [0.5, 0.6) is 0 Å². The van der Waals surface area contributed by atoms with Gasteiger partial charge in [0, 0.05) is 25.7 Å². The van der Waals surface area contributed by atoms with Crippen LogP contribution in [-0.4, -0.2) is 96.7 Å². The molecular formula is C80H152O17P2. The first-order chi connectivity index (χ1) is 47.9. The molecule has 5 atom stereocenters. The lowest BCUT2D eigenvalue weighted by Gasteiger charge is -2.21. The topological polar surface area (TPSA) is 237 Å². The van der Waals surface area contributed by atoms with Crippen LogP contribution in [0.3, 0.4) is 0 Å². The summed E-state index contributed by atoms with van der Waals surface area (Å²) in [7, 11) is -9.93. The van der Waals surface area contributed by atoms with Gasteiger partial charge in [0.05, 0.1) is 26.4 Å². The van der Waals surface area contributed by atoms with Crippen molar-refractivity contribution in [2.45, 2.75) is 413 Å². The van der Waals surface area contributed by atoms with E-state index in [0.29, 0.717) is 25.7 Å². The standard InChI is InChI=1S/C80H152O17P2/c1-7-9-11-13-15-17-19-20-22-26-33-39-45-51-57-63-78(83)91-69-76(96-79(84)64-58-52-46-40-34-27-24-21-23-25-31-36-42-48-54-60-72(3)4)71-95-99(88,89)93-67-74(81)66-92-98(86,87)94-70-75(68-90-77(82)62-56-50-44-38-30-18-16-14-12-10-8-2)97-80(85)65-59-53-47-41-35-29-28-32-37-43-49-55-61-73(5)6/h17,19-20,22,72-76,81H,7-16,18,21,23-71H2,1-6H3,(H,86,87)(H,88,89)/b19-17-,22-20-/t74-,75+,76+/m0/s1. The Morgan fingerprint density at radius 2 is 0.545 bits per heavy atom. The van der Waals surface area contributed by atoms with Crippen molar-refractivity contribution in [3.8, 4) is 0 Å². The molecule has 0 spiro atoms. The predicted molar refractivity (Wildman–Crippen MR) is 404 cm³/mol. The van der Waals surface area contributed by atoms with Crippen LogP contribution in [0.25, 0.3) is 0 Å². The molecule has 19 heteroatoms. The third-order valence-corrected chi connectivity index (χ3v) is 20.0. The van der Waals surface area contributed by atoms with Crippen LogP contribution in [0.15, 0.2) is 24.3 Å². The van der Waals surface area contributed by atoms with E-state index in [2.05, 4.69) is 65.8 Å². The summed E-state index contributed by atoms with van der Waals surface area (Å²) >= 11 is 0. The maximum absolute atomic E-state index is 13.1. The normalized spacial score (nSPS) is 14.1. The predicted octanol–water partition coefficient (Wildman–Crippen LogP) is 23.4. The lowest BCUT2D eigenvalue weighted by molar-refractivity contribution is -0.161. The molecule has 0 aromatic carbocycles. The summed E-state index contributed by atoms with van der Waals surface area (Å²) in [4.78, 5) is 73.0. The molecule has 0 bridgehead atoms. The Morgan fingerprint density at radius 3 is 0.828 bits per heavy atom. The van der Waals surface area contributed by atoms with Crippen LogP contribution in [-0.2, 0) is 65.4 Å². The molecule has 99 heavy (non-hydrogen) atoms. The Balaban J connectivity index is 5.29. The van der Waals surface area contributed by atoms with E-state index >= 15 is 0 Å². The van der Waals surface area contributed by atoms with Crippen molar-refractivity contribution in [3.63, 3.8) is 0 Å². The Morgan fingerprint density at radius 1 is 0.313 bits per heavy atom. The van der Waals surface area contributed by atoms with Crippen molar-refractivity contribution in [2.75, 3.05) is 39.6 Å². The number of esters is 4. The summed E-state index contributed by atoms with van der Waals surface area (Å²) in [5, 5.41) is 10.6. The highest BCUT2D eigenvalue weighted by atomic mass is 31.2. The highest BCUT2D eigenvalue weighted by Crippen LogP contribution is 2.45. The zero-order valence-electron chi connectivity index (χ0n) is 64.3. The lowest BCUT2D eigenvalue weighted by Crippen LogP contribution is -2.30. The highest BCUT2D eigenvalue weighted by Gasteiger charge is 2.30. The second-order valence-corrected chi connectivity index (χ2v) is 32.0. The third-order valence-electron chi connectivity index (χ3n) is 18.1. The number of carbonyl (C=O) groups excluding carboxylic acids is 4. The Bertz CT molecular complexity index is 2000. The highest BCUT2D eigenvalue weighted by molar-refractivity contribution is 7.47. The molecule has 2 unspecified atom stereocenters. The molecule has 3 N–H and O–H groups in total. The summed E-state index contributed by atoms with van der Waals surface area (Å²) in [5.41, 5.74) is 0. The van der Waals surface area contributed by atoms with E-state index in [0.717, 1.165) is 121 Å². The number of hydrogen-bond acceptors (Lipinski definition) is 15. The number of phosphoric ester groups is 2. The minimum Gasteiger partial charge on any atom is -0.462 e. The molecule has 0 fully saturated rings. The molecule has 0 aliphatic rings. The average Bonchev–Trinajstić information content (AvgIpc) is 0.970. The van der Waals surface area contributed by atoms with Gasteiger partial charge in [0.15, 0.2) is 12.2 Å². The smallest absolute Gasteiger partial charge is 0.462 e. The van der Waals surface area contributed by atoms with Crippen LogP contribution in [0.2, 0.25) is 0 Å². The summed E-state index contributed by atoms with van der Waals surface area (Å²) in [6.07, 6.45) is 63.1. The van der Waals surface area contributed by atoms with Crippen molar-refractivity contribution in [1.29, 1.82) is 0 Å². The number of phosphoric acid groups is 2. The van der Waals surface area contributed by atoms with Crippen LogP contribution in [0, 0.1) is 11.8 Å². The molecule has 17 nitrogen and oxygen atoms in total. The van der Waals surface area contributed by atoms with Gasteiger partial charge in [0.25, 0.3) is 0 Å². The molecule has 0 saturated carbocycles. The monoisotopic (exact) mass is 1450 g/mol. The van der Waals surface area contributed by atoms with Crippen LogP contribution >= 0.6 is 15.6 Å². The summed E-state index contributed by atoms with van der Waals surface area (Å²) in [6, 6.07) is 0. The van der Waals surface area contributed by atoms with E-state index in [9.17, 15) is 43.2 Å². The zero-order chi connectivity index (χ0) is 72.8. The van der Waals surface area contributed by atoms with Crippen LogP contribution < -0.4 is 0 Å². The minimum absolute atomic E-state index is 0.101. The molecule has 0 aromatic rings. The number of unbranched alkanes of at least 4 members (excludes halogenated alkanes) is 44. The summed E-state index contributed by atoms with van der Waals surface area (Å²) in [5.74, 6) is -0.563. The van der Waals surface area contributed by atoms with E-state index in [1.54, 1.807) is 0 Å². The molecule has 0 aliphatic heterocycles. The van der Waals surface area contributed by atoms with Gasteiger partial charge in [0.2, 0.25) is 0 Å². The summed E-state index contributed by atoms with van der Waals surface area (Å²) < 4.78 is 68.6.